The molecule has 0 aliphatic rings. The molecule has 5 nitrogen and oxygen atoms in total. The molecule has 2 rings (SSSR count). The third-order valence-electron chi connectivity index (χ3n) is 3.71. The van der Waals surface area contributed by atoms with E-state index in [0.29, 0.717) is 28.2 Å². The van der Waals surface area contributed by atoms with Gasteiger partial charge in [-0.2, -0.15) is 0 Å². The zero-order chi connectivity index (χ0) is 20.1. The molecule has 27 heavy (non-hydrogen) atoms. The maximum Gasteiger partial charge on any atom is 0.321 e. The first-order chi connectivity index (χ1) is 12.7. The smallest absolute Gasteiger partial charge is 0.321 e. The van der Waals surface area contributed by atoms with Crippen molar-refractivity contribution < 1.29 is 19.7 Å². The Morgan fingerprint density at radius 3 is 2.26 bits per heavy atom. The van der Waals surface area contributed by atoms with Crippen molar-refractivity contribution in [1.29, 1.82) is 0 Å². The lowest BCUT2D eigenvalue weighted by atomic mass is 10.1. The zero-order valence-electron chi connectivity index (χ0n) is 14.8. The summed E-state index contributed by atoms with van der Waals surface area (Å²) in [5.41, 5.74) is 0.945. The van der Waals surface area contributed by atoms with Gasteiger partial charge in [-0.1, -0.05) is 13.8 Å². The van der Waals surface area contributed by atoms with Crippen LogP contribution in [0, 0.1) is 16.6 Å². The molecule has 0 aliphatic carbocycles. The number of hydrogen-bond acceptors (Lipinski definition) is 4. The van der Waals surface area contributed by atoms with Crippen LogP contribution in [0.25, 0.3) is 0 Å². The van der Waals surface area contributed by atoms with Crippen LogP contribution in [-0.4, -0.2) is 28.8 Å². The molecule has 146 valence electrons. The number of ether oxygens (including phenoxy) is 1. The highest BCUT2D eigenvalue weighted by Gasteiger charge is 2.19. The van der Waals surface area contributed by atoms with Gasteiger partial charge in [0.25, 0.3) is 0 Å². The Hall–Kier alpha value is -0.340. The Kier molecular flexibility index (Phi) is 8.87. The number of benzene rings is 2. The fourth-order valence-corrected chi connectivity index (χ4v) is 4.96. The quantitative estimate of drug-likeness (QED) is 0.328. The molecule has 0 aliphatic heterocycles. The van der Waals surface area contributed by atoms with E-state index >= 15 is 0 Å². The summed E-state index contributed by atoms with van der Waals surface area (Å²) in [6.07, 6.45) is 0.408. The third kappa shape index (κ3) is 6.89. The number of aliphatic carboxylic acids is 1. The van der Waals surface area contributed by atoms with Crippen molar-refractivity contribution in [2.45, 2.75) is 26.3 Å². The molecule has 0 bridgehead atoms. The number of carboxylic acids is 1. The Labute approximate surface area is 199 Å². The highest BCUT2D eigenvalue weighted by molar-refractivity contribution is 14.1. The molecule has 0 amide bonds. The Bertz CT molecular complexity index is 804. The van der Waals surface area contributed by atoms with Crippen LogP contribution >= 0.6 is 67.8 Å². The molecule has 0 saturated carbocycles. The lowest BCUT2D eigenvalue weighted by Gasteiger charge is -2.17. The largest absolute Gasteiger partial charge is 0.507 e. The molecule has 0 spiro atoms. The van der Waals surface area contributed by atoms with Gasteiger partial charge in [0.15, 0.2) is 5.75 Å². The molecular formula is C19H20I3NO4. The fraction of sp³-hybridized carbons (Fsp3) is 0.316. The summed E-state index contributed by atoms with van der Waals surface area (Å²) < 4.78 is 8.53. The van der Waals surface area contributed by atoms with Crippen LogP contribution in [0.2, 0.25) is 0 Å². The number of rotatable bonds is 8. The topological polar surface area (TPSA) is 78.8 Å². The molecule has 0 aromatic heterocycles. The molecule has 8 heteroatoms. The number of carbonyl (C=O) groups is 1. The normalized spacial score (nSPS) is 12.2. The third-order valence-corrected chi connectivity index (χ3v) is 6.17. The first kappa shape index (κ1) is 22.9. The molecular weight excluding hydrogens is 687 g/mol. The van der Waals surface area contributed by atoms with Crippen LogP contribution in [0.5, 0.6) is 17.2 Å². The molecule has 0 radical (unpaired) electrons. The first-order valence-corrected chi connectivity index (χ1v) is 11.5. The second kappa shape index (κ2) is 10.4. The monoisotopic (exact) mass is 707 g/mol. The Morgan fingerprint density at radius 2 is 1.74 bits per heavy atom. The number of carboxylic acid groups (broad SMARTS) is 1. The predicted molar refractivity (Wildman–Crippen MR) is 131 cm³/mol. The van der Waals surface area contributed by atoms with Crippen LogP contribution in [0.1, 0.15) is 19.4 Å². The van der Waals surface area contributed by atoms with Gasteiger partial charge in [-0.15, -0.1) is 0 Å². The second-order valence-electron chi connectivity index (χ2n) is 6.50. The molecule has 2 aromatic carbocycles. The Balaban J connectivity index is 2.19. The van der Waals surface area contributed by atoms with Gasteiger partial charge in [0.2, 0.25) is 0 Å². The molecule has 1 atom stereocenters. The average molecular weight is 707 g/mol. The molecule has 3 N–H and O–H groups in total. The van der Waals surface area contributed by atoms with Crippen molar-refractivity contribution in [2.24, 2.45) is 5.92 Å². The molecule has 2 aromatic rings. The van der Waals surface area contributed by atoms with E-state index in [1.54, 1.807) is 18.2 Å². The summed E-state index contributed by atoms with van der Waals surface area (Å²) >= 11 is 6.45. The minimum Gasteiger partial charge on any atom is -0.507 e. The number of nitrogens with one attached hydrogen (secondary N) is 1. The summed E-state index contributed by atoms with van der Waals surface area (Å²) in [5, 5.41) is 22.2. The van der Waals surface area contributed by atoms with E-state index in [0.717, 1.165) is 18.5 Å². The second-order valence-corrected chi connectivity index (χ2v) is 9.99. The van der Waals surface area contributed by atoms with Gasteiger partial charge >= 0.3 is 5.97 Å². The summed E-state index contributed by atoms with van der Waals surface area (Å²) in [4.78, 5) is 11.5. The molecule has 0 unspecified atom stereocenters. The van der Waals surface area contributed by atoms with Gasteiger partial charge in [0.05, 0.1) is 10.7 Å². The standard InChI is InChI=1S/C19H20I3NO4/c1-10(2)9-23-16(19(25)26)7-11-5-14(21)18(15(22)6-11)27-12-3-4-17(24)13(20)8-12/h3-6,8,10,16,23-24H,7,9H2,1-2H3,(H,25,26)/t16-/m0/s1. The summed E-state index contributed by atoms with van der Waals surface area (Å²) in [6, 6.07) is 8.38. The van der Waals surface area contributed by atoms with Crippen LogP contribution in [0.4, 0.5) is 0 Å². The van der Waals surface area contributed by atoms with Gasteiger partial charge < -0.3 is 20.3 Å². The SMILES string of the molecule is CC(C)CN[C@@H](Cc1cc(I)c(Oc2ccc(O)c(I)c2)c(I)c1)C(=O)O. The van der Waals surface area contributed by atoms with Crippen molar-refractivity contribution in [3.63, 3.8) is 0 Å². The molecule has 0 fully saturated rings. The predicted octanol–water partition coefficient (Wildman–Crippen LogP) is 5.24. The average Bonchev–Trinajstić information content (AvgIpc) is 2.57. The van der Waals surface area contributed by atoms with Crippen LogP contribution in [0.3, 0.4) is 0 Å². The van der Waals surface area contributed by atoms with Crippen molar-refractivity contribution in [3.05, 3.63) is 46.6 Å². The van der Waals surface area contributed by atoms with E-state index in [1.165, 1.54) is 0 Å². The van der Waals surface area contributed by atoms with E-state index in [4.69, 9.17) is 4.74 Å². The highest BCUT2D eigenvalue weighted by Crippen LogP contribution is 2.35. The minimum absolute atomic E-state index is 0.219. The minimum atomic E-state index is -0.848. The van der Waals surface area contributed by atoms with Gasteiger partial charge in [0, 0.05) is 0 Å². The van der Waals surface area contributed by atoms with E-state index in [-0.39, 0.29) is 5.75 Å². The number of aromatic hydroxyl groups is 1. The van der Waals surface area contributed by atoms with Crippen molar-refractivity contribution in [3.8, 4) is 17.2 Å². The molecule has 0 heterocycles. The van der Waals surface area contributed by atoms with Crippen molar-refractivity contribution >= 4 is 73.7 Å². The number of phenolic OH excluding ortho intramolecular Hbond substituents is 1. The number of halogens is 3. The van der Waals surface area contributed by atoms with Crippen LogP contribution in [-0.2, 0) is 11.2 Å². The van der Waals surface area contributed by atoms with Crippen molar-refractivity contribution in [1.82, 2.24) is 5.32 Å². The van der Waals surface area contributed by atoms with E-state index < -0.39 is 12.0 Å². The zero-order valence-corrected chi connectivity index (χ0v) is 21.3. The van der Waals surface area contributed by atoms with Crippen LogP contribution in [0.15, 0.2) is 30.3 Å². The van der Waals surface area contributed by atoms with Gasteiger partial charge in [-0.25, -0.2) is 0 Å². The van der Waals surface area contributed by atoms with Crippen molar-refractivity contribution in [2.75, 3.05) is 6.54 Å². The summed E-state index contributed by atoms with van der Waals surface area (Å²) in [6.45, 7) is 4.76. The first-order valence-electron chi connectivity index (χ1n) is 8.27. The van der Waals surface area contributed by atoms with Gasteiger partial charge in [-0.3, -0.25) is 4.79 Å². The fourth-order valence-electron chi connectivity index (χ4n) is 2.36. The lowest BCUT2D eigenvalue weighted by molar-refractivity contribution is -0.139. The van der Waals surface area contributed by atoms with E-state index in [9.17, 15) is 15.0 Å². The lowest BCUT2D eigenvalue weighted by Crippen LogP contribution is -2.40. The van der Waals surface area contributed by atoms with Gasteiger partial charge in [0.1, 0.15) is 17.5 Å². The maximum atomic E-state index is 11.5. The van der Waals surface area contributed by atoms with E-state index in [2.05, 4.69) is 86.9 Å². The summed E-state index contributed by atoms with van der Waals surface area (Å²) in [7, 11) is 0. The summed E-state index contributed by atoms with van der Waals surface area (Å²) in [5.74, 6) is 1.12. The maximum absolute atomic E-state index is 11.5. The van der Waals surface area contributed by atoms with E-state index in [1.807, 2.05) is 12.1 Å². The highest BCUT2D eigenvalue weighted by atomic mass is 127. The number of phenols is 1. The van der Waals surface area contributed by atoms with Gasteiger partial charge in [-0.05, 0) is 123 Å². The Morgan fingerprint density at radius 1 is 1.11 bits per heavy atom. The molecule has 0 saturated heterocycles. The van der Waals surface area contributed by atoms with Crippen LogP contribution < -0.4 is 10.1 Å². The number of hydrogen-bond donors (Lipinski definition) is 3.